The Morgan fingerprint density at radius 1 is 1.25 bits per heavy atom. The lowest BCUT2D eigenvalue weighted by atomic mass is 9.84. The molecule has 0 spiro atoms. The molecule has 0 saturated carbocycles. The highest BCUT2D eigenvalue weighted by atomic mass is 32.2. The van der Waals surface area contributed by atoms with Crippen LogP contribution in [0.25, 0.3) is 11.1 Å². The Morgan fingerprint density at radius 2 is 2.00 bits per heavy atom. The number of hydrogen-bond acceptors (Lipinski definition) is 5. The van der Waals surface area contributed by atoms with Crippen LogP contribution >= 0.6 is 0 Å². The van der Waals surface area contributed by atoms with Crippen LogP contribution in [0.15, 0.2) is 42.5 Å². The predicted octanol–water partition coefficient (Wildman–Crippen LogP) is 4.23. The molecule has 1 amide bonds. The fourth-order valence-electron chi connectivity index (χ4n) is 4.15. The zero-order valence-electron chi connectivity index (χ0n) is 18.2. The largest absolute Gasteiger partial charge is 0.465 e. The summed E-state index contributed by atoms with van der Waals surface area (Å²) in [6, 6.07) is 12.2. The Morgan fingerprint density at radius 3 is 2.69 bits per heavy atom. The summed E-state index contributed by atoms with van der Waals surface area (Å²) >= 11 is 0. The third-order valence-electron chi connectivity index (χ3n) is 5.49. The van der Waals surface area contributed by atoms with Crippen molar-refractivity contribution in [1.82, 2.24) is 4.90 Å². The lowest BCUT2D eigenvalue weighted by Crippen LogP contribution is -2.41. The lowest BCUT2D eigenvalue weighted by Gasteiger charge is -2.36. The van der Waals surface area contributed by atoms with E-state index < -0.39 is 28.1 Å². The lowest BCUT2D eigenvalue weighted by molar-refractivity contribution is -0.0226. The van der Waals surface area contributed by atoms with Gasteiger partial charge in [-0.15, -0.1) is 0 Å². The van der Waals surface area contributed by atoms with Gasteiger partial charge in [0.15, 0.2) is 0 Å². The van der Waals surface area contributed by atoms with Crippen molar-refractivity contribution in [2.45, 2.75) is 25.9 Å². The molecular formula is C23H28FNO6S. The first kappa shape index (κ1) is 24.2. The number of likely N-dealkylation sites (tertiary alicyclic amines) is 1. The van der Waals surface area contributed by atoms with Crippen molar-refractivity contribution >= 4 is 16.2 Å². The Balaban J connectivity index is 1.97. The fourth-order valence-corrected chi connectivity index (χ4v) is 4.52. The first-order valence-corrected chi connectivity index (χ1v) is 12.3. The van der Waals surface area contributed by atoms with Crippen molar-refractivity contribution in [1.29, 1.82) is 0 Å². The number of ether oxygens (including phenoxy) is 1. The van der Waals surface area contributed by atoms with Gasteiger partial charge >= 0.3 is 6.09 Å². The number of nitrogens with zero attached hydrogens (tertiary/aromatic N) is 1. The maximum atomic E-state index is 15.1. The molecule has 3 rings (SSSR count). The fraction of sp³-hybridized carbons (Fsp3) is 0.435. The van der Waals surface area contributed by atoms with Gasteiger partial charge in [-0.1, -0.05) is 42.0 Å². The number of amides is 1. The zero-order valence-corrected chi connectivity index (χ0v) is 19.0. The topological polar surface area (TPSA) is 93.1 Å². The molecule has 1 heterocycles. The Labute approximate surface area is 187 Å². The van der Waals surface area contributed by atoms with Gasteiger partial charge in [0.2, 0.25) is 0 Å². The van der Waals surface area contributed by atoms with Gasteiger partial charge in [-0.25, -0.2) is 9.18 Å². The number of carbonyl (C=O) groups is 1. The van der Waals surface area contributed by atoms with Gasteiger partial charge < -0.3 is 14.7 Å². The summed E-state index contributed by atoms with van der Waals surface area (Å²) in [5, 5.41) is 9.46. The maximum Gasteiger partial charge on any atom is 0.407 e. The summed E-state index contributed by atoms with van der Waals surface area (Å²) in [5.74, 6) is -0.622. The Kier molecular flexibility index (Phi) is 7.86. The van der Waals surface area contributed by atoms with Crippen molar-refractivity contribution in [3.63, 3.8) is 0 Å². The molecule has 174 valence electrons. The minimum atomic E-state index is -3.62. The second-order valence-corrected chi connectivity index (χ2v) is 9.67. The molecule has 1 aliphatic heterocycles. The van der Waals surface area contributed by atoms with Gasteiger partial charge in [0, 0.05) is 24.6 Å². The third kappa shape index (κ3) is 6.27. The van der Waals surface area contributed by atoms with Crippen molar-refractivity contribution < 1.29 is 31.6 Å². The number of rotatable bonds is 8. The van der Waals surface area contributed by atoms with E-state index in [0.717, 1.165) is 11.8 Å². The second kappa shape index (κ2) is 10.4. The summed E-state index contributed by atoms with van der Waals surface area (Å²) in [6.45, 7) is 2.39. The standard InChI is InChI=1S/C23H28FNO6S/c1-16-6-3-7-17(14-16)21-19(9-4-10-20(21)24)22(30-12-13-31-32(2,28)29)18-8-5-11-25(15-18)23(26)27/h3-4,6-7,9-10,14,18,22H,5,8,11-13,15H2,1-2H3,(H,26,27). The number of halogens is 1. The molecule has 0 radical (unpaired) electrons. The minimum Gasteiger partial charge on any atom is -0.465 e. The van der Waals surface area contributed by atoms with E-state index in [9.17, 15) is 18.3 Å². The Bertz CT molecular complexity index is 1060. The van der Waals surface area contributed by atoms with Crippen LogP contribution < -0.4 is 0 Å². The molecule has 1 saturated heterocycles. The van der Waals surface area contributed by atoms with Gasteiger partial charge in [0.1, 0.15) is 5.82 Å². The van der Waals surface area contributed by atoms with Gasteiger partial charge in [-0.2, -0.15) is 8.42 Å². The van der Waals surface area contributed by atoms with Gasteiger partial charge in [-0.3, -0.25) is 4.18 Å². The van der Waals surface area contributed by atoms with E-state index in [0.29, 0.717) is 36.1 Å². The van der Waals surface area contributed by atoms with Gasteiger partial charge in [-0.05, 0) is 37.0 Å². The smallest absolute Gasteiger partial charge is 0.407 e. The molecular weight excluding hydrogens is 437 g/mol. The molecule has 9 heteroatoms. The van der Waals surface area contributed by atoms with Crippen molar-refractivity contribution in [3.05, 3.63) is 59.4 Å². The Hall–Kier alpha value is -2.49. The minimum absolute atomic E-state index is 0.0366. The molecule has 2 aromatic rings. The second-order valence-electron chi connectivity index (χ2n) is 8.02. The van der Waals surface area contributed by atoms with Crippen LogP contribution in [-0.4, -0.2) is 57.1 Å². The third-order valence-corrected chi connectivity index (χ3v) is 6.09. The molecule has 0 aliphatic carbocycles. The molecule has 0 aromatic heterocycles. The van der Waals surface area contributed by atoms with E-state index in [-0.39, 0.29) is 25.7 Å². The highest BCUT2D eigenvalue weighted by Crippen LogP contribution is 2.39. The van der Waals surface area contributed by atoms with E-state index in [1.165, 1.54) is 11.0 Å². The number of aryl methyl sites for hydroxylation is 1. The molecule has 2 unspecified atom stereocenters. The molecule has 7 nitrogen and oxygen atoms in total. The van der Waals surface area contributed by atoms with E-state index in [1.54, 1.807) is 12.1 Å². The number of carboxylic acid groups (broad SMARTS) is 1. The number of benzene rings is 2. The van der Waals surface area contributed by atoms with Crippen LogP contribution in [0.2, 0.25) is 0 Å². The van der Waals surface area contributed by atoms with Crippen molar-refractivity contribution in [3.8, 4) is 11.1 Å². The van der Waals surface area contributed by atoms with Crippen molar-refractivity contribution in [2.75, 3.05) is 32.6 Å². The predicted molar refractivity (Wildman–Crippen MR) is 118 cm³/mol. The summed E-state index contributed by atoms with van der Waals surface area (Å²) < 4.78 is 48.5. The van der Waals surface area contributed by atoms with Crippen LogP contribution in [0, 0.1) is 18.7 Å². The highest BCUT2D eigenvalue weighted by Gasteiger charge is 2.33. The van der Waals surface area contributed by atoms with Crippen LogP contribution in [0.3, 0.4) is 0 Å². The summed E-state index contributed by atoms with van der Waals surface area (Å²) in [7, 11) is -3.62. The van der Waals surface area contributed by atoms with Crippen LogP contribution in [-0.2, 0) is 19.0 Å². The molecule has 2 atom stereocenters. The molecule has 1 fully saturated rings. The molecule has 0 bridgehead atoms. The van der Waals surface area contributed by atoms with E-state index in [1.807, 2.05) is 31.2 Å². The van der Waals surface area contributed by atoms with E-state index in [2.05, 4.69) is 0 Å². The molecule has 32 heavy (non-hydrogen) atoms. The first-order valence-electron chi connectivity index (χ1n) is 10.4. The maximum absolute atomic E-state index is 15.1. The molecule has 1 N–H and O–H groups in total. The van der Waals surface area contributed by atoms with E-state index >= 15 is 4.39 Å². The van der Waals surface area contributed by atoms with Crippen molar-refractivity contribution in [2.24, 2.45) is 5.92 Å². The highest BCUT2D eigenvalue weighted by molar-refractivity contribution is 7.85. The summed E-state index contributed by atoms with van der Waals surface area (Å²) in [5.41, 5.74) is 2.68. The normalized spacial score (nSPS) is 17.8. The SMILES string of the molecule is Cc1cccc(-c2c(F)cccc2C(OCCOS(C)(=O)=O)C2CCCN(C(=O)O)C2)c1. The molecule has 1 aliphatic rings. The summed E-state index contributed by atoms with van der Waals surface area (Å²) in [6.07, 6.45) is 0.675. The average molecular weight is 466 g/mol. The summed E-state index contributed by atoms with van der Waals surface area (Å²) in [4.78, 5) is 12.9. The monoisotopic (exact) mass is 465 g/mol. The number of hydrogen-bond donors (Lipinski definition) is 1. The van der Waals surface area contributed by atoms with Crippen LogP contribution in [0.1, 0.15) is 30.1 Å². The zero-order chi connectivity index (χ0) is 23.3. The van der Waals surface area contributed by atoms with Gasteiger partial charge in [0.25, 0.3) is 10.1 Å². The van der Waals surface area contributed by atoms with E-state index in [4.69, 9.17) is 8.92 Å². The average Bonchev–Trinajstić information content (AvgIpc) is 2.73. The quantitative estimate of drug-likeness (QED) is 0.463. The first-order chi connectivity index (χ1) is 15.2. The van der Waals surface area contributed by atoms with Gasteiger partial charge in [0.05, 0.1) is 25.6 Å². The molecule has 2 aromatic carbocycles. The van der Waals surface area contributed by atoms with Crippen LogP contribution in [0.4, 0.5) is 9.18 Å². The number of piperidine rings is 1. The van der Waals surface area contributed by atoms with Crippen LogP contribution in [0.5, 0.6) is 0 Å².